The molecule has 1 saturated carbocycles. The Bertz CT molecular complexity index is 472. The van der Waals surface area contributed by atoms with Crippen LogP contribution in [0.5, 0.6) is 0 Å². The number of benzene rings is 1. The van der Waals surface area contributed by atoms with Crippen molar-refractivity contribution in [2.75, 3.05) is 0 Å². The van der Waals surface area contributed by atoms with Crippen LogP contribution in [0.3, 0.4) is 0 Å². The Labute approximate surface area is 124 Å². The van der Waals surface area contributed by atoms with Crippen LogP contribution in [-0.4, -0.2) is 6.29 Å². The summed E-state index contributed by atoms with van der Waals surface area (Å²) in [6, 6.07) is 3.75. The predicted molar refractivity (Wildman–Crippen MR) is 82.0 cm³/mol. The average molecular weight is 297 g/mol. The highest BCUT2D eigenvalue weighted by Gasteiger charge is 2.18. The number of rotatable bonds is 3. The first-order valence-corrected chi connectivity index (χ1v) is 7.58. The normalized spacial score (nSPS) is 17.6. The second kappa shape index (κ2) is 7.12. The molecule has 102 valence electrons. The molecule has 0 amide bonds. The molecular formula is C16H18Cl2O. The summed E-state index contributed by atoms with van der Waals surface area (Å²) in [6.45, 7) is 0. The van der Waals surface area contributed by atoms with Crippen molar-refractivity contribution >= 4 is 35.6 Å². The van der Waals surface area contributed by atoms with Crippen molar-refractivity contribution in [3.63, 3.8) is 0 Å². The van der Waals surface area contributed by atoms with Gasteiger partial charge in [0.25, 0.3) is 0 Å². The zero-order valence-corrected chi connectivity index (χ0v) is 12.4. The van der Waals surface area contributed by atoms with Crippen molar-refractivity contribution in [2.45, 2.75) is 44.4 Å². The van der Waals surface area contributed by atoms with Crippen molar-refractivity contribution in [1.29, 1.82) is 0 Å². The van der Waals surface area contributed by atoms with Gasteiger partial charge < -0.3 is 0 Å². The van der Waals surface area contributed by atoms with Crippen LogP contribution in [0.25, 0.3) is 6.08 Å². The van der Waals surface area contributed by atoms with Gasteiger partial charge in [0.15, 0.2) is 0 Å². The van der Waals surface area contributed by atoms with Crippen LogP contribution in [-0.2, 0) is 4.79 Å². The molecule has 0 spiro atoms. The summed E-state index contributed by atoms with van der Waals surface area (Å²) < 4.78 is 0. The van der Waals surface area contributed by atoms with E-state index in [1.54, 1.807) is 12.1 Å². The van der Waals surface area contributed by atoms with E-state index in [2.05, 4.69) is 0 Å². The van der Waals surface area contributed by atoms with Crippen LogP contribution in [0.1, 0.15) is 55.6 Å². The summed E-state index contributed by atoms with van der Waals surface area (Å²) in [5, 5.41) is 1.30. The minimum Gasteiger partial charge on any atom is -0.299 e. The highest BCUT2D eigenvalue weighted by Crippen LogP contribution is 2.38. The number of hydrogen-bond donors (Lipinski definition) is 0. The first-order chi connectivity index (χ1) is 9.22. The highest BCUT2D eigenvalue weighted by molar-refractivity contribution is 6.35. The van der Waals surface area contributed by atoms with Crippen molar-refractivity contribution in [1.82, 2.24) is 0 Å². The fourth-order valence-electron chi connectivity index (χ4n) is 2.84. The van der Waals surface area contributed by atoms with Crippen LogP contribution in [0.15, 0.2) is 18.2 Å². The van der Waals surface area contributed by atoms with Crippen LogP contribution in [0, 0.1) is 0 Å². The summed E-state index contributed by atoms with van der Waals surface area (Å²) in [4.78, 5) is 10.5. The molecule has 0 aromatic heterocycles. The van der Waals surface area contributed by atoms with Gasteiger partial charge in [0, 0.05) is 10.0 Å². The molecule has 0 bridgehead atoms. The van der Waals surface area contributed by atoms with Crippen molar-refractivity contribution in [3.05, 3.63) is 39.4 Å². The van der Waals surface area contributed by atoms with Gasteiger partial charge in [0.05, 0.1) is 0 Å². The van der Waals surface area contributed by atoms with Crippen molar-refractivity contribution in [3.8, 4) is 0 Å². The molecule has 0 aliphatic heterocycles. The standard InChI is InChI=1S/C16H18Cl2O/c17-13-10-15(12-6-3-1-2-4-7-12)14(8-5-9-19)16(18)11-13/h5,8-12H,1-4,6-7H2. The van der Waals surface area contributed by atoms with Crippen LogP contribution >= 0.6 is 23.2 Å². The van der Waals surface area contributed by atoms with E-state index in [-0.39, 0.29) is 0 Å². The molecule has 0 heterocycles. The topological polar surface area (TPSA) is 17.1 Å². The van der Waals surface area contributed by atoms with Crippen molar-refractivity contribution in [2.24, 2.45) is 0 Å². The Morgan fingerprint density at radius 3 is 2.37 bits per heavy atom. The maximum absolute atomic E-state index is 10.5. The quantitative estimate of drug-likeness (QED) is 0.400. The van der Waals surface area contributed by atoms with Gasteiger partial charge in [-0.15, -0.1) is 0 Å². The van der Waals surface area contributed by atoms with Gasteiger partial charge in [-0.1, -0.05) is 48.9 Å². The zero-order valence-electron chi connectivity index (χ0n) is 10.9. The number of hydrogen-bond acceptors (Lipinski definition) is 1. The van der Waals surface area contributed by atoms with Gasteiger partial charge in [-0.25, -0.2) is 0 Å². The molecule has 2 rings (SSSR count). The molecule has 1 aromatic carbocycles. The zero-order chi connectivity index (χ0) is 13.7. The second-order valence-electron chi connectivity index (χ2n) is 5.07. The molecule has 0 saturated heterocycles. The highest BCUT2D eigenvalue weighted by atomic mass is 35.5. The van der Waals surface area contributed by atoms with E-state index in [1.165, 1.54) is 50.2 Å². The monoisotopic (exact) mass is 296 g/mol. The summed E-state index contributed by atoms with van der Waals surface area (Å²) in [6.07, 6.45) is 11.6. The van der Waals surface area contributed by atoms with E-state index in [9.17, 15) is 4.79 Å². The third kappa shape index (κ3) is 3.84. The maximum Gasteiger partial charge on any atom is 0.142 e. The fraction of sp³-hybridized carbons (Fsp3) is 0.438. The van der Waals surface area contributed by atoms with E-state index in [0.717, 1.165) is 11.8 Å². The maximum atomic E-state index is 10.5. The number of allylic oxidation sites excluding steroid dienone is 1. The van der Waals surface area contributed by atoms with Gasteiger partial charge in [0.2, 0.25) is 0 Å². The molecule has 0 atom stereocenters. The fourth-order valence-corrected chi connectivity index (χ4v) is 3.42. The van der Waals surface area contributed by atoms with Gasteiger partial charge >= 0.3 is 0 Å². The third-order valence-electron chi connectivity index (χ3n) is 3.76. The first kappa shape index (κ1) is 14.6. The minimum absolute atomic E-state index is 0.505. The van der Waals surface area contributed by atoms with E-state index >= 15 is 0 Å². The lowest BCUT2D eigenvalue weighted by molar-refractivity contribution is -0.104. The second-order valence-corrected chi connectivity index (χ2v) is 5.92. The molecule has 1 nitrogen and oxygen atoms in total. The Morgan fingerprint density at radius 2 is 1.74 bits per heavy atom. The summed E-state index contributed by atoms with van der Waals surface area (Å²) in [5.41, 5.74) is 2.14. The summed E-state index contributed by atoms with van der Waals surface area (Å²) >= 11 is 12.4. The molecule has 0 N–H and O–H groups in total. The third-order valence-corrected chi connectivity index (χ3v) is 4.29. The van der Waals surface area contributed by atoms with E-state index in [1.807, 2.05) is 6.07 Å². The minimum atomic E-state index is 0.505. The average Bonchev–Trinajstić information content (AvgIpc) is 2.65. The lowest BCUT2D eigenvalue weighted by Gasteiger charge is -2.18. The summed E-state index contributed by atoms with van der Waals surface area (Å²) in [7, 11) is 0. The van der Waals surface area contributed by atoms with Gasteiger partial charge in [-0.3, -0.25) is 4.79 Å². The Morgan fingerprint density at radius 1 is 1.05 bits per heavy atom. The van der Waals surface area contributed by atoms with Crippen molar-refractivity contribution < 1.29 is 4.79 Å². The molecule has 0 radical (unpaired) electrons. The van der Waals surface area contributed by atoms with E-state index in [0.29, 0.717) is 16.0 Å². The number of carbonyl (C=O) groups is 1. The summed E-state index contributed by atoms with van der Waals surface area (Å²) in [5.74, 6) is 0.505. The molecule has 3 heteroatoms. The number of halogens is 2. The molecule has 1 aromatic rings. The smallest absolute Gasteiger partial charge is 0.142 e. The van der Waals surface area contributed by atoms with Crippen LogP contribution in [0.4, 0.5) is 0 Å². The van der Waals surface area contributed by atoms with Gasteiger partial charge in [-0.05, 0) is 54.2 Å². The van der Waals surface area contributed by atoms with Gasteiger partial charge in [-0.2, -0.15) is 0 Å². The molecule has 19 heavy (non-hydrogen) atoms. The molecule has 0 unspecified atom stereocenters. The lowest BCUT2D eigenvalue weighted by atomic mass is 9.88. The predicted octanol–water partition coefficient (Wildman–Crippen LogP) is 5.64. The SMILES string of the molecule is O=CC=Cc1c(Cl)cc(Cl)cc1C1CCCCCC1. The first-order valence-electron chi connectivity index (χ1n) is 6.83. The Kier molecular flexibility index (Phi) is 5.47. The molecule has 1 fully saturated rings. The molecule has 1 aliphatic rings. The van der Waals surface area contributed by atoms with Crippen LogP contribution in [0.2, 0.25) is 10.0 Å². The van der Waals surface area contributed by atoms with Gasteiger partial charge in [0.1, 0.15) is 6.29 Å². The number of aldehydes is 1. The molecule has 1 aliphatic carbocycles. The van der Waals surface area contributed by atoms with E-state index in [4.69, 9.17) is 23.2 Å². The van der Waals surface area contributed by atoms with E-state index < -0.39 is 0 Å². The lowest BCUT2D eigenvalue weighted by Crippen LogP contribution is -2.01. The largest absolute Gasteiger partial charge is 0.299 e. The molecular weight excluding hydrogens is 279 g/mol. The van der Waals surface area contributed by atoms with Crippen LogP contribution < -0.4 is 0 Å². The Hall–Kier alpha value is -0.790. The number of carbonyl (C=O) groups excluding carboxylic acids is 1. The Balaban J connectivity index is 2.40.